The van der Waals surface area contributed by atoms with Crippen LogP contribution in [-0.4, -0.2) is 31.2 Å². The summed E-state index contributed by atoms with van der Waals surface area (Å²) in [5, 5.41) is 11.8. The molecular weight excluding hydrogens is 302 g/mol. The van der Waals surface area contributed by atoms with E-state index in [1.165, 1.54) is 32.6 Å². The second-order valence-corrected chi connectivity index (χ2v) is 4.63. The van der Waals surface area contributed by atoms with Crippen LogP contribution in [0.5, 0.6) is 11.5 Å². The summed E-state index contributed by atoms with van der Waals surface area (Å²) in [5.41, 5.74) is 0.563. The largest absolute Gasteiger partial charge is 0.493 e. The van der Waals surface area contributed by atoms with Crippen LogP contribution in [0.2, 0.25) is 0 Å². The van der Waals surface area contributed by atoms with Crippen LogP contribution in [0.25, 0.3) is 0 Å². The van der Waals surface area contributed by atoms with Crippen LogP contribution in [0, 0.1) is 0 Å². The Bertz CT molecular complexity index is 734. The van der Waals surface area contributed by atoms with E-state index in [0.717, 1.165) is 0 Å². The summed E-state index contributed by atoms with van der Waals surface area (Å²) in [6.45, 7) is 1.87. The van der Waals surface area contributed by atoms with Gasteiger partial charge in [-0.1, -0.05) is 6.92 Å². The van der Waals surface area contributed by atoms with Crippen molar-refractivity contribution in [2.24, 2.45) is 0 Å². The monoisotopic (exact) mass is 319 g/mol. The Morgan fingerprint density at radius 1 is 1.26 bits per heavy atom. The number of ether oxygens (including phenoxy) is 2. The maximum Gasteiger partial charge on any atom is 0.335 e. The molecule has 2 aromatic rings. The van der Waals surface area contributed by atoms with Gasteiger partial charge in [0.2, 0.25) is 0 Å². The van der Waals surface area contributed by atoms with E-state index >= 15 is 0 Å². The van der Waals surface area contributed by atoms with Gasteiger partial charge in [0.05, 0.1) is 37.3 Å². The van der Waals surface area contributed by atoms with Gasteiger partial charge >= 0.3 is 5.97 Å². The molecule has 122 valence electrons. The minimum Gasteiger partial charge on any atom is -0.493 e. The third-order valence-corrected chi connectivity index (χ3v) is 3.29. The van der Waals surface area contributed by atoms with Gasteiger partial charge in [-0.25, -0.2) is 4.79 Å². The van der Waals surface area contributed by atoms with Crippen LogP contribution in [0.15, 0.2) is 28.9 Å². The quantitative estimate of drug-likeness (QED) is 0.849. The van der Waals surface area contributed by atoms with Gasteiger partial charge in [-0.05, 0) is 18.2 Å². The number of aryl methyl sites for hydroxylation is 1. The molecule has 1 heterocycles. The van der Waals surface area contributed by atoms with E-state index in [-0.39, 0.29) is 22.7 Å². The average Bonchev–Trinajstić information content (AvgIpc) is 3.02. The van der Waals surface area contributed by atoms with Crippen LogP contribution in [-0.2, 0) is 6.42 Å². The fourth-order valence-corrected chi connectivity index (χ4v) is 2.19. The first-order valence-corrected chi connectivity index (χ1v) is 6.88. The Kier molecular flexibility index (Phi) is 4.90. The first kappa shape index (κ1) is 16.4. The number of methoxy groups -OCH3 is 2. The highest BCUT2D eigenvalue weighted by Crippen LogP contribution is 2.37. The molecule has 7 nitrogen and oxygen atoms in total. The number of furan rings is 1. The van der Waals surface area contributed by atoms with E-state index in [1.807, 2.05) is 6.92 Å². The third kappa shape index (κ3) is 3.28. The Labute approximate surface area is 132 Å². The second kappa shape index (κ2) is 6.87. The maximum absolute atomic E-state index is 12.4. The molecule has 2 rings (SSSR count). The van der Waals surface area contributed by atoms with Crippen molar-refractivity contribution in [1.29, 1.82) is 0 Å². The lowest BCUT2D eigenvalue weighted by Gasteiger charge is -2.14. The number of carboxylic acid groups (broad SMARTS) is 1. The van der Waals surface area contributed by atoms with Gasteiger partial charge in [-0.3, -0.25) is 4.79 Å². The molecule has 0 radical (unpaired) electrons. The summed E-state index contributed by atoms with van der Waals surface area (Å²) in [5.74, 6) is -0.557. The number of benzene rings is 1. The lowest BCUT2D eigenvalue weighted by molar-refractivity contribution is 0.0696. The Morgan fingerprint density at radius 2 is 2.00 bits per heavy atom. The van der Waals surface area contributed by atoms with E-state index in [9.17, 15) is 9.59 Å². The zero-order chi connectivity index (χ0) is 17.0. The number of anilines is 1. The van der Waals surface area contributed by atoms with Crippen molar-refractivity contribution >= 4 is 17.6 Å². The molecule has 2 N–H and O–H groups in total. The molecule has 0 unspecified atom stereocenters. The molecule has 1 aromatic carbocycles. The fourth-order valence-electron chi connectivity index (χ4n) is 2.19. The molecular formula is C16H17NO6. The number of carbonyl (C=O) groups excluding carboxylic acids is 1. The molecule has 23 heavy (non-hydrogen) atoms. The van der Waals surface area contributed by atoms with Crippen molar-refractivity contribution in [2.45, 2.75) is 13.3 Å². The van der Waals surface area contributed by atoms with Crippen LogP contribution < -0.4 is 14.8 Å². The van der Waals surface area contributed by atoms with Crippen molar-refractivity contribution in [3.05, 3.63) is 41.3 Å². The van der Waals surface area contributed by atoms with E-state index in [4.69, 9.17) is 19.0 Å². The molecule has 0 saturated carbocycles. The topological polar surface area (TPSA) is 98.0 Å². The number of aromatic carboxylic acids is 1. The van der Waals surface area contributed by atoms with Crippen molar-refractivity contribution in [1.82, 2.24) is 0 Å². The van der Waals surface area contributed by atoms with E-state index in [2.05, 4.69) is 5.32 Å². The van der Waals surface area contributed by atoms with Crippen molar-refractivity contribution in [3.63, 3.8) is 0 Å². The highest BCUT2D eigenvalue weighted by Gasteiger charge is 2.20. The minimum atomic E-state index is -1.14. The van der Waals surface area contributed by atoms with Gasteiger partial charge in [0.1, 0.15) is 5.76 Å². The molecule has 0 atom stereocenters. The van der Waals surface area contributed by atoms with Crippen molar-refractivity contribution < 1.29 is 28.6 Å². The first-order chi connectivity index (χ1) is 11.0. The summed E-state index contributed by atoms with van der Waals surface area (Å²) >= 11 is 0. The lowest BCUT2D eigenvalue weighted by Crippen LogP contribution is -2.14. The predicted octanol–water partition coefficient (Wildman–Crippen LogP) is 2.81. The number of carboxylic acids is 1. The Balaban J connectivity index is 2.43. The lowest BCUT2D eigenvalue weighted by atomic mass is 10.1. The molecule has 0 aliphatic carbocycles. The SMILES string of the molecule is CCc1occc1C(=O)Nc1cc(C(=O)O)cc(OC)c1OC. The number of nitrogens with one attached hydrogen (secondary N) is 1. The molecule has 0 aliphatic heterocycles. The molecule has 1 aromatic heterocycles. The first-order valence-electron chi connectivity index (χ1n) is 6.88. The highest BCUT2D eigenvalue weighted by molar-refractivity contribution is 6.06. The zero-order valence-electron chi connectivity index (χ0n) is 13.0. The smallest absolute Gasteiger partial charge is 0.335 e. The van der Waals surface area contributed by atoms with Gasteiger partial charge in [-0.15, -0.1) is 0 Å². The number of carbonyl (C=O) groups is 2. The summed E-state index contributed by atoms with van der Waals surface area (Å²) in [4.78, 5) is 23.6. The molecule has 0 fully saturated rings. The van der Waals surface area contributed by atoms with Gasteiger partial charge in [0, 0.05) is 6.42 Å². The van der Waals surface area contributed by atoms with Gasteiger partial charge in [-0.2, -0.15) is 0 Å². The van der Waals surface area contributed by atoms with Crippen LogP contribution in [0.3, 0.4) is 0 Å². The third-order valence-electron chi connectivity index (χ3n) is 3.29. The van der Waals surface area contributed by atoms with Crippen LogP contribution >= 0.6 is 0 Å². The summed E-state index contributed by atoms with van der Waals surface area (Å²) in [7, 11) is 2.80. The molecule has 7 heteroatoms. The fraction of sp³-hybridized carbons (Fsp3) is 0.250. The van der Waals surface area contributed by atoms with E-state index in [1.54, 1.807) is 6.07 Å². The van der Waals surface area contributed by atoms with Crippen LogP contribution in [0.1, 0.15) is 33.4 Å². The molecule has 0 spiro atoms. The van der Waals surface area contributed by atoms with E-state index < -0.39 is 11.9 Å². The van der Waals surface area contributed by atoms with Gasteiger partial charge in [0.25, 0.3) is 5.91 Å². The minimum absolute atomic E-state index is 0.0270. The molecule has 0 saturated heterocycles. The summed E-state index contributed by atoms with van der Waals surface area (Å²) in [6, 6.07) is 4.19. The van der Waals surface area contributed by atoms with Crippen molar-refractivity contribution in [2.75, 3.05) is 19.5 Å². The van der Waals surface area contributed by atoms with Gasteiger partial charge in [0.15, 0.2) is 11.5 Å². The van der Waals surface area contributed by atoms with Crippen molar-refractivity contribution in [3.8, 4) is 11.5 Å². The molecule has 0 aliphatic rings. The molecule has 0 bridgehead atoms. The summed E-state index contributed by atoms with van der Waals surface area (Å²) < 4.78 is 15.6. The number of rotatable bonds is 6. The highest BCUT2D eigenvalue weighted by atomic mass is 16.5. The normalized spacial score (nSPS) is 10.2. The average molecular weight is 319 g/mol. The number of amides is 1. The zero-order valence-corrected chi connectivity index (χ0v) is 13.0. The number of hydrogen-bond donors (Lipinski definition) is 2. The molecule has 1 amide bonds. The van der Waals surface area contributed by atoms with Gasteiger partial charge < -0.3 is 24.3 Å². The van der Waals surface area contributed by atoms with Crippen LogP contribution in [0.4, 0.5) is 5.69 Å². The summed E-state index contributed by atoms with van der Waals surface area (Å²) in [6.07, 6.45) is 1.99. The van der Waals surface area contributed by atoms with E-state index in [0.29, 0.717) is 17.7 Å². The standard InChI is InChI=1S/C16H17NO6/c1-4-12-10(5-6-23-12)15(18)17-11-7-9(16(19)20)8-13(21-2)14(11)22-3/h5-8H,4H2,1-3H3,(H,17,18)(H,19,20). The second-order valence-electron chi connectivity index (χ2n) is 4.63. The Hall–Kier alpha value is -2.96. The number of hydrogen-bond acceptors (Lipinski definition) is 5. The Morgan fingerprint density at radius 3 is 2.57 bits per heavy atom. The maximum atomic E-state index is 12.4. The predicted molar refractivity (Wildman–Crippen MR) is 82.5 cm³/mol.